The Morgan fingerprint density at radius 3 is 2.64 bits per heavy atom. The number of nitrogens with zero attached hydrogens (tertiary/aromatic N) is 3. The molecular weight excluding hydrogens is 411 g/mol. The molecule has 1 atom stereocenters. The fraction of sp³-hybridized carbons (Fsp3) is 0.118. The van der Waals surface area contributed by atoms with Gasteiger partial charge < -0.3 is 4.57 Å². The molecule has 28 heavy (non-hydrogen) atoms. The zero-order chi connectivity index (χ0) is 20.5. The van der Waals surface area contributed by atoms with Crippen LogP contribution >= 0.6 is 11.6 Å². The summed E-state index contributed by atoms with van der Waals surface area (Å²) in [7, 11) is -2.74. The molecule has 0 amide bonds. The van der Waals surface area contributed by atoms with Gasteiger partial charge in [-0.2, -0.15) is 4.72 Å². The topological polar surface area (TPSA) is 107 Å². The highest BCUT2D eigenvalue weighted by atomic mass is 35.5. The minimum Gasteiger partial charge on any atom is -0.336 e. The van der Waals surface area contributed by atoms with Crippen molar-refractivity contribution in [2.24, 2.45) is 7.05 Å². The van der Waals surface area contributed by atoms with Gasteiger partial charge in [-0.05, 0) is 29.8 Å². The minimum atomic E-state index is -4.38. The smallest absolute Gasteiger partial charge is 0.290 e. The van der Waals surface area contributed by atoms with Crippen LogP contribution in [0.25, 0.3) is 0 Å². The lowest BCUT2D eigenvalue weighted by Gasteiger charge is -2.19. The molecule has 0 spiro atoms. The maximum absolute atomic E-state index is 13.7. The van der Waals surface area contributed by atoms with E-state index in [1.54, 1.807) is 17.8 Å². The maximum Gasteiger partial charge on any atom is 0.290 e. The summed E-state index contributed by atoms with van der Waals surface area (Å²) in [4.78, 5) is 14.0. The van der Waals surface area contributed by atoms with Crippen molar-refractivity contribution in [1.82, 2.24) is 14.3 Å². The Labute approximate surface area is 164 Å². The number of benzene rings is 2. The summed E-state index contributed by atoms with van der Waals surface area (Å²) in [6.45, 7) is 0. The molecule has 1 heterocycles. The Morgan fingerprint density at radius 1 is 1.29 bits per heavy atom. The lowest BCUT2D eigenvalue weighted by molar-refractivity contribution is -0.387. The van der Waals surface area contributed by atoms with E-state index in [1.165, 1.54) is 30.5 Å². The van der Waals surface area contributed by atoms with Crippen molar-refractivity contribution in [3.63, 3.8) is 0 Å². The Kier molecular flexibility index (Phi) is 5.45. The van der Waals surface area contributed by atoms with E-state index in [0.717, 1.165) is 18.2 Å². The van der Waals surface area contributed by atoms with Crippen LogP contribution in [0.4, 0.5) is 10.1 Å². The maximum atomic E-state index is 13.7. The third-order valence-corrected chi connectivity index (χ3v) is 5.68. The Bertz CT molecular complexity index is 1150. The van der Waals surface area contributed by atoms with Crippen LogP contribution in [0, 0.1) is 15.9 Å². The van der Waals surface area contributed by atoms with E-state index in [-0.39, 0.29) is 16.4 Å². The first-order chi connectivity index (χ1) is 13.2. The highest BCUT2D eigenvalue weighted by Crippen LogP contribution is 2.30. The van der Waals surface area contributed by atoms with E-state index in [4.69, 9.17) is 11.6 Å². The van der Waals surface area contributed by atoms with Crippen LogP contribution in [0.3, 0.4) is 0 Å². The van der Waals surface area contributed by atoms with Crippen molar-refractivity contribution < 1.29 is 17.7 Å². The summed E-state index contributed by atoms with van der Waals surface area (Å²) in [5.74, 6) is -0.279. The molecule has 8 nitrogen and oxygen atoms in total. The fourth-order valence-corrected chi connectivity index (χ4v) is 4.19. The van der Waals surface area contributed by atoms with Crippen molar-refractivity contribution >= 4 is 27.3 Å². The summed E-state index contributed by atoms with van der Waals surface area (Å²) >= 11 is 5.76. The molecule has 3 aromatic rings. The highest BCUT2D eigenvalue weighted by Gasteiger charge is 2.31. The van der Waals surface area contributed by atoms with Gasteiger partial charge in [0, 0.05) is 30.5 Å². The standard InChI is InChI=1S/C17H14ClFN4O4S/c1-22-8-7-20-17(22)16(11-3-2-4-13(19)9-11)21-28(26,27)15-6-5-12(18)10-14(15)23(24)25/h2-10,16,21H,1H3. The largest absolute Gasteiger partial charge is 0.336 e. The van der Waals surface area contributed by atoms with E-state index in [0.29, 0.717) is 0 Å². The van der Waals surface area contributed by atoms with Gasteiger partial charge in [-0.1, -0.05) is 23.7 Å². The lowest BCUT2D eigenvalue weighted by Crippen LogP contribution is -2.31. The van der Waals surface area contributed by atoms with Crippen molar-refractivity contribution in [3.05, 3.63) is 87.2 Å². The molecule has 2 aromatic carbocycles. The van der Waals surface area contributed by atoms with Gasteiger partial charge in [-0.3, -0.25) is 10.1 Å². The van der Waals surface area contributed by atoms with Crippen molar-refractivity contribution in [3.8, 4) is 0 Å². The van der Waals surface area contributed by atoms with E-state index >= 15 is 0 Å². The minimum absolute atomic E-state index is 0.0245. The van der Waals surface area contributed by atoms with Crippen molar-refractivity contribution in [1.29, 1.82) is 0 Å². The van der Waals surface area contributed by atoms with Crippen LogP contribution in [-0.4, -0.2) is 22.9 Å². The number of sulfonamides is 1. The molecule has 0 saturated carbocycles. The number of hydrogen-bond acceptors (Lipinski definition) is 5. The summed E-state index contributed by atoms with van der Waals surface area (Å²) < 4.78 is 43.6. The number of hydrogen-bond donors (Lipinski definition) is 1. The number of nitrogens with one attached hydrogen (secondary N) is 1. The van der Waals surface area contributed by atoms with Gasteiger partial charge in [0.15, 0.2) is 4.90 Å². The van der Waals surface area contributed by atoms with Gasteiger partial charge in [-0.25, -0.2) is 17.8 Å². The number of rotatable bonds is 6. The van der Waals surface area contributed by atoms with Gasteiger partial charge in [0.2, 0.25) is 10.0 Å². The first-order valence-electron chi connectivity index (χ1n) is 7.88. The molecule has 0 saturated heterocycles. The molecule has 0 aliphatic rings. The number of nitro groups is 1. The summed E-state index contributed by atoms with van der Waals surface area (Å²) in [6, 6.07) is 7.51. The van der Waals surface area contributed by atoms with E-state index in [9.17, 15) is 22.9 Å². The molecule has 146 valence electrons. The van der Waals surface area contributed by atoms with Gasteiger partial charge in [0.1, 0.15) is 17.7 Å². The van der Waals surface area contributed by atoms with Crippen LogP contribution in [0.1, 0.15) is 17.4 Å². The molecular formula is C17H14ClFN4O4S. The van der Waals surface area contributed by atoms with Crippen LogP contribution in [0.2, 0.25) is 5.02 Å². The average Bonchev–Trinajstić information content (AvgIpc) is 3.05. The van der Waals surface area contributed by atoms with E-state index < -0.39 is 37.4 Å². The quantitative estimate of drug-likeness (QED) is 0.483. The Morgan fingerprint density at radius 2 is 2.04 bits per heavy atom. The molecule has 0 aliphatic carbocycles. The predicted molar refractivity (Wildman–Crippen MR) is 99.9 cm³/mol. The lowest BCUT2D eigenvalue weighted by atomic mass is 10.1. The summed E-state index contributed by atoms with van der Waals surface area (Å²) in [5.41, 5.74) is -0.382. The first-order valence-corrected chi connectivity index (χ1v) is 9.74. The predicted octanol–water partition coefficient (Wildman–Crippen LogP) is 3.19. The number of aromatic nitrogens is 2. The number of imidazole rings is 1. The zero-order valence-electron chi connectivity index (χ0n) is 14.4. The third-order valence-electron chi connectivity index (χ3n) is 3.98. The molecule has 0 radical (unpaired) electrons. The van der Waals surface area contributed by atoms with Gasteiger partial charge in [0.05, 0.1) is 4.92 Å². The number of aryl methyl sites for hydroxylation is 1. The molecule has 11 heteroatoms. The Hall–Kier alpha value is -2.82. The van der Waals surface area contributed by atoms with Crippen molar-refractivity contribution in [2.45, 2.75) is 10.9 Å². The first kappa shape index (κ1) is 19.9. The van der Waals surface area contributed by atoms with Crippen LogP contribution < -0.4 is 4.72 Å². The van der Waals surface area contributed by atoms with E-state index in [1.807, 2.05) is 0 Å². The monoisotopic (exact) mass is 424 g/mol. The summed E-state index contributed by atoms with van der Waals surface area (Å²) in [5, 5.41) is 11.3. The highest BCUT2D eigenvalue weighted by molar-refractivity contribution is 7.89. The normalized spacial score (nSPS) is 12.7. The second kappa shape index (κ2) is 7.66. The Balaban J connectivity index is 2.11. The second-order valence-corrected chi connectivity index (χ2v) is 7.99. The van der Waals surface area contributed by atoms with Crippen LogP contribution in [0.5, 0.6) is 0 Å². The fourth-order valence-electron chi connectivity index (χ4n) is 2.69. The molecule has 0 bridgehead atoms. The van der Waals surface area contributed by atoms with Gasteiger partial charge in [-0.15, -0.1) is 0 Å². The number of nitro benzene ring substituents is 1. The van der Waals surface area contributed by atoms with Crippen molar-refractivity contribution in [2.75, 3.05) is 0 Å². The molecule has 0 fully saturated rings. The average molecular weight is 425 g/mol. The van der Waals surface area contributed by atoms with Crippen LogP contribution in [-0.2, 0) is 17.1 Å². The molecule has 1 unspecified atom stereocenters. The van der Waals surface area contributed by atoms with Gasteiger partial charge >= 0.3 is 0 Å². The second-order valence-electron chi connectivity index (χ2n) is 5.87. The SMILES string of the molecule is Cn1ccnc1C(NS(=O)(=O)c1ccc(Cl)cc1[N+](=O)[O-])c1cccc(F)c1. The molecule has 1 aromatic heterocycles. The van der Waals surface area contributed by atoms with Crippen LogP contribution in [0.15, 0.2) is 59.8 Å². The third kappa shape index (κ3) is 4.03. The number of halogens is 2. The molecule has 3 rings (SSSR count). The molecule has 1 N–H and O–H groups in total. The van der Waals surface area contributed by atoms with Gasteiger partial charge in [0.25, 0.3) is 5.69 Å². The summed E-state index contributed by atoms with van der Waals surface area (Å²) in [6.07, 6.45) is 3.06. The zero-order valence-corrected chi connectivity index (χ0v) is 16.0. The molecule has 0 aliphatic heterocycles. The van der Waals surface area contributed by atoms with E-state index in [2.05, 4.69) is 9.71 Å².